The topological polar surface area (TPSA) is 133 Å². The van der Waals surface area contributed by atoms with Crippen LogP contribution in [0.5, 0.6) is 0 Å². The van der Waals surface area contributed by atoms with Gasteiger partial charge in [0.25, 0.3) is 5.91 Å². The largest absolute Gasteiger partial charge is 0.444 e. The van der Waals surface area contributed by atoms with Gasteiger partial charge in [-0.2, -0.15) is 5.10 Å². The summed E-state index contributed by atoms with van der Waals surface area (Å²) in [7, 11) is 0. The molecule has 1 saturated heterocycles. The number of primary amides is 1. The third kappa shape index (κ3) is 4.33. The number of nitrogens with zero attached hydrogens (tertiary/aromatic N) is 5. The lowest BCUT2D eigenvalue weighted by Crippen LogP contribution is -2.50. The molecule has 3 heterocycles. The number of carbonyl (C=O) groups is 2. The average molecular weight is 387 g/mol. The quantitative estimate of drug-likeness (QED) is 0.803. The molecule has 0 aliphatic carbocycles. The van der Waals surface area contributed by atoms with Crippen LogP contribution >= 0.6 is 0 Å². The van der Waals surface area contributed by atoms with Crippen LogP contribution in [0.3, 0.4) is 0 Å². The molecule has 1 aliphatic rings. The number of pyridine rings is 1. The molecule has 2 aromatic heterocycles. The number of ether oxygens (including phenoxy) is 1. The average Bonchev–Trinajstić information content (AvgIpc) is 3.03. The molecule has 1 aliphatic heterocycles. The van der Waals surface area contributed by atoms with Crippen molar-refractivity contribution in [2.24, 2.45) is 5.73 Å². The molecule has 0 spiro atoms. The molecule has 10 heteroatoms. The first-order chi connectivity index (χ1) is 13.1. The van der Waals surface area contributed by atoms with Crippen LogP contribution in [0.1, 0.15) is 31.3 Å². The molecule has 0 saturated carbocycles. The fourth-order valence-corrected chi connectivity index (χ4v) is 2.86. The van der Waals surface area contributed by atoms with Crippen LogP contribution in [0.4, 0.5) is 16.3 Å². The van der Waals surface area contributed by atoms with E-state index in [4.69, 9.17) is 16.2 Å². The Hall–Kier alpha value is -3.30. The first-order valence-corrected chi connectivity index (χ1v) is 8.98. The summed E-state index contributed by atoms with van der Waals surface area (Å²) in [5.74, 6) is 0.117. The third-order valence-electron chi connectivity index (χ3n) is 4.23. The summed E-state index contributed by atoms with van der Waals surface area (Å²) in [6, 6.07) is 3.69. The zero-order valence-electron chi connectivity index (χ0n) is 16.3. The number of rotatable bonds is 3. The van der Waals surface area contributed by atoms with Gasteiger partial charge in [-0.05, 0) is 32.9 Å². The van der Waals surface area contributed by atoms with Crippen molar-refractivity contribution in [3.8, 4) is 5.69 Å². The van der Waals surface area contributed by atoms with Crippen molar-refractivity contribution in [3.63, 3.8) is 0 Å². The Bertz CT molecular complexity index is 862. The van der Waals surface area contributed by atoms with Gasteiger partial charge in [-0.15, -0.1) is 0 Å². The summed E-state index contributed by atoms with van der Waals surface area (Å²) in [5.41, 5.74) is 11.4. The van der Waals surface area contributed by atoms with E-state index in [0.717, 1.165) is 5.82 Å². The Morgan fingerprint density at radius 1 is 1.14 bits per heavy atom. The van der Waals surface area contributed by atoms with Crippen molar-refractivity contribution in [3.05, 3.63) is 30.2 Å². The van der Waals surface area contributed by atoms with Gasteiger partial charge in [0, 0.05) is 26.2 Å². The van der Waals surface area contributed by atoms with E-state index in [9.17, 15) is 9.59 Å². The number of nitrogens with two attached hydrogens (primary N) is 2. The van der Waals surface area contributed by atoms with Crippen LogP contribution in [-0.2, 0) is 4.74 Å². The number of anilines is 2. The van der Waals surface area contributed by atoms with Crippen LogP contribution < -0.4 is 16.4 Å². The van der Waals surface area contributed by atoms with Gasteiger partial charge in [0.05, 0.1) is 23.8 Å². The van der Waals surface area contributed by atoms with Gasteiger partial charge < -0.3 is 26.0 Å². The SMILES string of the molecule is CC(C)(C)OC(=O)N1CCN(c2ccc(-n3cc(N)c(C(N)=O)n3)cn2)CC1. The highest BCUT2D eigenvalue weighted by molar-refractivity contribution is 5.95. The van der Waals surface area contributed by atoms with E-state index in [2.05, 4.69) is 15.0 Å². The Morgan fingerprint density at radius 3 is 2.32 bits per heavy atom. The fourth-order valence-electron chi connectivity index (χ4n) is 2.86. The van der Waals surface area contributed by atoms with Crippen molar-refractivity contribution in [2.45, 2.75) is 26.4 Å². The Balaban J connectivity index is 1.63. The number of nitrogen functional groups attached to an aromatic ring is 1. The highest BCUT2D eigenvalue weighted by Crippen LogP contribution is 2.19. The first kappa shape index (κ1) is 19.5. The highest BCUT2D eigenvalue weighted by atomic mass is 16.6. The highest BCUT2D eigenvalue weighted by Gasteiger charge is 2.26. The molecule has 0 aromatic carbocycles. The number of piperazine rings is 1. The molecular weight excluding hydrogens is 362 g/mol. The van der Waals surface area contributed by atoms with Crippen LogP contribution in [0, 0.1) is 0 Å². The molecule has 2 amide bonds. The molecule has 0 unspecified atom stereocenters. The predicted octanol–water partition coefficient (Wildman–Crippen LogP) is 1.01. The Morgan fingerprint density at radius 2 is 1.82 bits per heavy atom. The number of amides is 2. The summed E-state index contributed by atoms with van der Waals surface area (Å²) < 4.78 is 6.88. The van der Waals surface area contributed by atoms with Crippen molar-refractivity contribution >= 4 is 23.5 Å². The second-order valence-electron chi connectivity index (χ2n) is 7.57. The molecule has 0 atom stereocenters. The van der Waals surface area contributed by atoms with Crippen molar-refractivity contribution < 1.29 is 14.3 Å². The van der Waals surface area contributed by atoms with E-state index in [-0.39, 0.29) is 17.5 Å². The van der Waals surface area contributed by atoms with Crippen LogP contribution in [0.15, 0.2) is 24.5 Å². The molecule has 150 valence electrons. The minimum atomic E-state index is -0.677. The fraction of sp³-hybridized carbons (Fsp3) is 0.444. The maximum absolute atomic E-state index is 12.2. The van der Waals surface area contributed by atoms with Gasteiger partial charge in [0.2, 0.25) is 0 Å². The summed E-state index contributed by atoms with van der Waals surface area (Å²) in [5, 5.41) is 4.09. The van der Waals surface area contributed by atoms with E-state index in [0.29, 0.717) is 31.9 Å². The lowest BCUT2D eigenvalue weighted by molar-refractivity contribution is 0.0240. The van der Waals surface area contributed by atoms with E-state index in [1.54, 1.807) is 11.1 Å². The van der Waals surface area contributed by atoms with Gasteiger partial charge in [0.1, 0.15) is 11.4 Å². The van der Waals surface area contributed by atoms with Crippen LogP contribution in [0.25, 0.3) is 5.69 Å². The zero-order chi connectivity index (χ0) is 20.5. The Labute approximate surface area is 163 Å². The van der Waals surface area contributed by atoms with Crippen molar-refractivity contribution in [1.82, 2.24) is 19.7 Å². The first-order valence-electron chi connectivity index (χ1n) is 8.98. The molecule has 1 fully saturated rings. The number of hydrogen-bond donors (Lipinski definition) is 2. The predicted molar refractivity (Wildman–Crippen MR) is 104 cm³/mol. The number of carbonyl (C=O) groups excluding carboxylic acids is 2. The summed E-state index contributed by atoms with van der Waals surface area (Å²) in [4.78, 5) is 31.7. The maximum Gasteiger partial charge on any atom is 0.410 e. The van der Waals surface area contributed by atoms with Crippen LogP contribution in [0.2, 0.25) is 0 Å². The number of aromatic nitrogens is 3. The zero-order valence-corrected chi connectivity index (χ0v) is 16.3. The van der Waals surface area contributed by atoms with E-state index < -0.39 is 11.5 Å². The van der Waals surface area contributed by atoms with E-state index >= 15 is 0 Å². The second-order valence-corrected chi connectivity index (χ2v) is 7.57. The summed E-state index contributed by atoms with van der Waals surface area (Å²) in [6.45, 7) is 8.01. The molecule has 3 rings (SSSR count). The van der Waals surface area contributed by atoms with Gasteiger partial charge in [-0.1, -0.05) is 0 Å². The van der Waals surface area contributed by atoms with Gasteiger partial charge >= 0.3 is 6.09 Å². The van der Waals surface area contributed by atoms with Crippen LogP contribution in [-0.4, -0.2) is 63.4 Å². The normalized spacial score (nSPS) is 14.8. The summed E-state index contributed by atoms with van der Waals surface area (Å²) >= 11 is 0. The lowest BCUT2D eigenvalue weighted by atomic mass is 10.2. The third-order valence-corrected chi connectivity index (χ3v) is 4.23. The minimum absolute atomic E-state index is 0.0299. The van der Waals surface area contributed by atoms with Gasteiger partial charge in [0.15, 0.2) is 5.69 Å². The monoisotopic (exact) mass is 387 g/mol. The van der Waals surface area contributed by atoms with Gasteiger partial charge in [-0.25, -0.2) is 14.5 Å². The molecule has 4 N–H and O–H groups in total. The molecule has 2 aromatic rings. The van der Waals surface area contributed by atoms with E-state index in [1.165, 1.54) is 10.9 Å². The molecule has 0 bridgehead atoms. The molecule has 10 nitrogen and oxygen atoms in total. The lowest BCUT2D eigenvalue weighted by Gasteiger charge is -2.36. The van der Waals surface area contributed by atoms with Gasteiger partial charge in [-0.3, -0.25) is 4.79 Å². The standard InChI is InChI=1S/C18H25N7O3/c1-18(2,3)28-17(27)24-8-6-23(7-9-24)14-5-4-12(10-21-14)25-11-13(19)15(22-25)16(20)26/h4-5,10-11H,6-9,19H2,1-3H3,(H2,20,26). The maximum atomic E-state index is 12.2. The minimum Gasteiger partial charge on any atom is -0.444 e. The molecule has 0 radical (unpaired) electrons. The molecule has 28 heavy (non-hydrogen) atoms. The second kappa shape index (κ2) is 7.37. The van der Waals surface area contributed by atoms with Crippen molar-refractivity contribution in [1.29, 1.82) is 0 Å². The van der Waals surface area contributed by atoms with Crippen molar-refractivity contribution in [2.75, 3.05) is 36.8 Å². The Kier molecular flexibility index (Phi) is 5.12. The molecular formula is C18H25N7O3. The van der Waals surface area contributed by atoms with E-state index in [1.807, 2.05) is 32.9 Å². The smallest absolute Gasteiger partial charge is 0.410 e. The number of hydrogen-bond acceptors (Lipinski definition) is 7. The summed E-state index contributed by atoms with van der Waals surface area (Å²) in [6.07, 6.45) is 2.88.